The second-order valence-electron chi connectivity index (χ2n) is 9.05. The Bertz CT molecular complexity index is 1340. The molecule has 0 spiro atoms. The maximum absolute atomic E-state index is 13.3. The minimum Gasteiger partial charge on any atom is -0.436 e. The van der Waals surface area contributed by atoms with Crippen molar-refractivity contribution in [2.24, 2.45) is 0 Å². The monoisotopic (exact) mass is 462 g/mol. The maximum atomic E-state index is 13.3. The third-order valence-electron chi connectivity index (χ3n) is 6.93. The Kier molecular flexibility index (Phi) is 5.55. The van der Waals surface area contributed by atoms with Crippen LogP contribution in [0.5, 0.6) is 0 Å². The molecule has 1 aromatic heterocycles. The fourth-order valence-electron chi connectivity index (χ4n) is 5.27. The van der Waals surface area contributed by atoms with E-state index in [2.05, 4.69) is 41.4 Å². The van der Waals surface area contributed by atoms with Crippen LogP contribution in [0.15, 0.2) is 91.3 Å². The molecule has 0 saturated carbocycles. The zero-order valence-electron chi connectivity index (χ0n) is 19.6. The van der Waals surface area contributed by atoms with Crippen LogP contribution in [0, 0.1) is 0 Å². The Morgan fingerprint density at radius 2 is 1.66 bits per heavy atom. The van der Waals surface area contributed by atoms with Crippen molar-refractivity contribution in [3.8, 4) is 22.3 Å². The average Bonchev–Trinajstić information content (AvgIpc) is 3.22. The predicted molar refractivity (Wildman–Crippen MR) is 135 cm³/mol. The molecule has 3 aromatic carbocycles. The van der Waals surface area contributed by atoms with Gasteiger partial charge in [0.05, 0.1) is 13.2 Å². The van der Waals surface area contributed by atoms with E-state index in [1.165, 1.54) is 5.56 Å². The Hall–Kier alpha value is -3.96. The van der Waals surface area contributed by atoms with E-state index < -0.39 is 6.10 Å². The van der Waals surface area contributed by atoms with Gasteiger partial charge in [0.2, 0.25) is 0 Å². The first-order chi connectivity index (χ1) is 17.2. The molecule has 6 rings (SSSR count). The number of ether oxygens (including phenoxy) is 2. The number of aromatic nitrogens is 1. The largest absolute Gasteiger partial charge is 0.436 e. The third-order valence-corrected chi connectivity index (χ3v) is 6.93. The second-order valence-corrected chi connectivity index (χ2v) is 9.05. The molecule has 2 heterocycles. The molecule has 1 aliphatic carbocycles. The van der Waals surface area contributed by atoms with Crippen molar-refractivity contribution in [1.29, 1.82) is 0 Å². The molecule has 0 N–H and O–H groups in total. The van der Waals surface area contributed by atoms with Gasteiger partial charge in [-0.3, -0.25) is 4.98 Å². The molecule has 4 aromatic rings. The molecule has 1 amide bonds. The number of carbonyl (C=O) groups excluding carboxylic acids is 1. The molecule has 5 heteroatoms. The Balaban J connectivity index is 1.25. The van der Waals surface area contributed by atoms with Crippen molar-refractivity contribution in [2.75, 3.05) is 20.2 Å². The van der Waals surface area contributed by atoms with Gasteiger partial charge in [0.25, 0.3) is 0 Å². The number of likely N-dealkylation sites (N-methyl/N-ethyl adjacent to an activating group) is 1. The summed E-state index contributed by atoms with van der Waals surface area (Å²) in [6.45, 7) is 1.03. The van der Waals surface area contributed by atoms with E-state index in [1.54, 1.807) is 18.1 Å². The van der Waals surface area contributed by atoms with Gasteiger partial charge in [-0.25, -0.2) is 4.79 Å². The van der Waals surface area contributed by atoms with E-state index in [4.69, 9.17) is 9.47 Å². The lowest BCUT2D eigenvalue weighted by Gasteiger charge is -2.31. The molecular weight excluding hydrogens is 436 g/mol. The van der Waals surface area contributed by atoms with Gasteiger partial charge < -0.3 is 14.4 Å². The summed E-state index contributed by atoms with van der Waals surface area (Å²) in [5.74, 6) is 0. The van der Waals surface area contributed by atoms with Gasteiger partial charge in [-0.05, 0) is 40.3 Å². The summed E-state index contributed by atoms with van der Waals surface area (Å²) in [5, 5.41) is 0. The van der Waals surface area contributed by atoms with Gasteiger partial charge >= 0.3 is 6.09 Å². The van der Waals surface area contributed by atoms with Crippen molar-refractivity contribution in [1.82, 2.24) is 9.88 Å². The molecule has 2 aliphatic rings. The van der Waals surface area contributed by atoms with E-state index in [0.29, 0.717) is 13.2 Å². The van der Waals surface area contributed by atoms with Crippen LogP contribution in [0.1, 0.15) is 34.5 Å². The van der Waals surface area contributed by atoms with Crippen molar-refractivity contribution < 1.29 is 14.3 Å². The fraction of sp³-hybridized carbons (Fsp3) is 0.200. The van der Waals surface area contributed by atoms with Crippen molar-refractivity contribution in [3.63, 3.8) is 0 Å². The van der Waals surface area contributed by atoms with Crippen LogP contribution < -0.4 is 0 Å². The first-order valence-corrected chi connectivity index (χ1v) is 11.9. The Morgan fingerprint density at radius 3 is 2.37 bits per heavy atom. The summed E-state index contributed by atoms with van der Waals surface area (Å²) in [6, 6.07) is 26.6. The quantitative estimate of drug-likeness (QED) is 0.362. The summed E-state index contributed by atoms with van der Waals surface area (Å²) in [5.41, 5.74) is 8.81. The first-order valence-electron chi connectivity index (χ1n) is 11.9. The Morgan fingerprint density at radius 1 is 0.943 bits per heavy atom. The van der Waals surface area contributed by atoms with Gasteiger partial charge in [-0.1, -0.05) is 72.8 Å². The molecule has 174 valence electrons. The highest BCUT2D eigenvalue weighted by Gasteiger charge is 2.33. The van der Waals surface area contributed by atoms with Gasteiger partial charge in [-0.15, -0.1) is 0 Å². The molecule has 1 unspecified atom stereocenters. The summed E-state index contributed by atoms with van der Waals surface area (Å²) in [6.07, 6.45) is 3.48. The van der Waals surface area contributed by atoms with Crippen molar-refractivity contribution >= 4 is 6.09 Å². The molecule has 1 atom stereocenters. The van der Waals surface area contributed by atoms with Crippen LogP contribution in [0.2, 0.25) is 0 Å². The van der Waals surface area contributed by atoms with E-state index in [-0.39, 0.29) is 12.2 Å². The summed E-state index contributed by atoms with van der Waals surface area (Å²) < 4.78 is 12.3. The van der Waals surface area contributed by atoms with Crippen LogP contribution in [0.4, 0.5) is 4.79 Å². The lowest BCUT2D eigenvalue weighted by atomic mass is 9.89. The summed E-state index contributed by atoms with van der Waals surface area (Å²) >= 11 is 0. The lowest BCUT2D eigenvalue weighted by molar-refractivity contribution is 0.0146. The molecule has 0 radical (unpaired) electrons. The normalized spacial score (nSPS) is 16.2. The second kappa shape index (κ2) is 9.01. The lowest BCUT2D eigenvalue weighted by Crippen LogP contribution is -2.35. The third kappa shape index (κ3) is 3.88. The van der Waals surface area contributed by atoms with Crippen LogP contribution in [0.25, 0.3) is 22.3 Å². The van der Waals surface area contributed by atoms with E-state index in [0.717, 1.165) is 45.4 Å². The van der Waals surface area contributed by atoms with Crippen LogP contribution in [0.3, 0.4) is 0 Å². The number of amides is 1. The number of hydrogen-bond donors (Lipinski definition) is 0. The number of carbonyl (C=O) groups is 1. The first kappa shape index (κ1) is 21.6. The molecular formula is C30H26N2O3. The van der Waals surface area contributed by atoms with Crippen LogP contribution in [-0.4, -0.2) is 36.2 Å². The number of rotatable bonds is 4. The molecule has 0 saturated heterocycles. The van der Waals surface area contributed by atoms with Gasteiger partial charge in [0.1, 0.15) is 6.10 Å². The topological polar surface area (TPSA) is 51.7 Å². The van der Waals surface area contributed by atoms with Gasteiger partial charge in [0, 0.05) is 36.1 Å². The molecule has 0 fully saturated rings. The minimum absolute atomic E-state index is 0.240. The van der Waals surface area contributed by atoms with Gasteiger partial charge in [0.15, 0.2) is 6.10 Å². The number of benzene rings is 3. The predicted octanol–water partition coefficient (Wildman–Crippen LogP) is 6.20. The summed E-state index contributed by atoms with van der Waals surface area (Å²) in [4.78, 5) is 19.2. The molecule has 0 bridgehead atoms. The highest BCUT2D eigenvalue weighted by Crippen LogP contribution is 2.45. The van der Waals surface area contributed by atoms with E-state index in [1.807, 2.05) is 48.7 Å². The van der Waals surface area contributed by atoms with Crippen molar-refractivity contribution in [3.05, 3.63) is 114 Å². The minimum atomic E-state index is -0.414. The summed E-state index contributed by atoms with van der Waals surface area (Å²) in [7, 11) is 1.78. The van der Waals surface area contributed by atoms with E-state index in [9.17, 15) is 4.79 Å². The van der Waals surface area contributed by atoms with Crippen molar-refractivity contribution in [2.45, 2.75) is 18.6 Å². The smallest absolute Gasteiger partial charge is 0.410 e. The Labute approximate surface area is 205 Å². The number of fused-ring (bicyclic) bond motifs is 4. The zero-order valence-corrected chi connectivity index (χ0v) is 19.6. The SMILES string of the molecule is CN(CC1OCCc2cccc(-c3cccnc3)c21)C(=O)OC1c2ccccc2-c2ccccc21. The maximum Gasteiger partial charge on any atom is 0.410 e. The standard InChI is InChI=1S/C30H26N2O3/c1-32(30(33)35-29-25-12-4-2-10-23(25)24-11-3-5-13-26(24)29)19-27-28-20(15-17-34-27)8-6-14-22(28)21-9-7-16-31-18-21/h2-14,16,18,27,29H,15,17,19H2,1H3. The molecule has 35 heavy (non-hydrogen) atoms. The van der Waals surface area contributed by atoms with Gasteiger partial charge in [-0.2, -0.15) is 0 Å². The van der Waals surface area contributed by atoms with E-state index >= 15 is 0 Å². The van der Waals surface area contributed by atoms with Crippen LogP contribution >= 0.6 is 0 Å². The number of pyridine rings is 1. The van der Waals surface area contributed by atoms with Crippen LogP contribution in [-0.2, 0) is 15.9 Å². The number of nitrogens with zero attached hydrogens (tertiary/aromatic N) is 2. The fourth-order valence-corrected chi connectivity index (χ4v) is 5.27. The molecule has 5 nitrogen and oxygen atoms in total. The highest BCUT2D eigenvalue weighted by molar-refractivity contribution is 5.80. The highest BCUT2D eigenvalue weighted by atomic mass is 16.6. The average molecular weight is 463 g/mol. The number of hydrogen-bond acceptors (Lipinski definition) is 4. The molecule has 1 aliphatic heterocycles. The zero-order chi connectivity index (χ0) is 23.8.